The van der Waals surface area contributed by atoms with Gasteiger partial charge in [0.15, 0.2) is 0 Å². The molecule has 0 radical (unpaired) electrons. The highest BCUT2D eigenvalue weighted by molar-refractivity contribution is 7.13. The molecule has 0 atom stereocenters. The second-order valence-electron chi connectivity index (χ2n) is 3.57. The summed E-state index contributed by atoms with van der Waals surface area (Å²) in [5.41, 5.74) is 1.01. The number of esters is 1. The van der Waals surface area contributed by atoms with Crippen LogP contribution in [0, 0.1) is 0 Å². The molecule has 5 heteroatoms. The van der Waals surface area contributed by atoms with Crippen LogP contribution in [-0.4, -0.2) is 24.2 Å². The van der Waals surface area contributed by atoms with Crippen molar-refractivity contribution in [1.82, 2.24) is 0 Å². The molecule has 92 valence electrons. The molecule has 4 nitrogen and oxygen atoms in total. The van der Waals surface area contributed by atoms with E-state index >= 15 is 0 Å². The van der Waals surface area contributed by atoms with Crippen molar-refractivity contribution in [3.05, 3.63) is 46.8 Å². The van der Waals surface area contributed by atoms with Crippen LogP contribution in [0.4, 0.5) is 0 Å². The lowest BCUT2D eigenvalue weighted by atomic mass is 10.0. The number of ether oxygens (including phenoxy) is 1. The fourth-order valence-electron chi connectivity index (χ4n) is 1.57. The SMILES string of the molecule is COC(=O)c1cc(C(=O)O)cc(-c2cccs2)c1. The number of aromatic carboxylic acids is 1. The van der Waals surface area contributed by atoms with Crippen molar-refractivity contribution in [1.29, 1.82) is 0 Å². The van der Waals surface area contributed by atoms with Gasteiger partial charge in [-0.2, -0.15) is 0 Å². The molecule has 0 unspecified atom stereocenters. The van der Waals surface area contributed by atoms with Crippen LogP contribution < -0.4 is 0 Å². The van der Waals surface area contributed by atoms with E-state index in [1.165, 1.54) is 24.5 Å². The monoisotopic (exact) mass is 262 g/mol. The van der Waals surface area contributed by atoms with E-state index in [9.17, 15) is 9.59 Å². The maximum absolute atomic E-state index is 11.5. The Morgan fingerprint density at radius 2 is 1.94 bits per heavy atom. The smallest absolute Gasteiger partial charge is 0.337 e. The Balaban J connectivity index is 2.57. The first-order valence-corrected chi connectivity index (χ1v) is 6.00. The van der Waals surface area contributed by atoms with Crippen LogP contribution in [0.15, 0.2) is 35.7 Å². The first kappa shape index (κ1) is 12.3. The van der Waals surface area contributed by atoms with E-state index < -0.39 is 11.9 Å². The Hall–Kier alpha value is -2.14. The number of benzene rings is 1. The lowest BCUT2D eigenvalue weighted by Gasteiger charge is -2.05. The number of carboxylic acid groups (broad SMARTS) is 1. The number of rotatable bonds is 3. The predicted octanol–water partition coefficient (Wildman–Crippen LogP) is 2.90. The van der Waals surface area contributed by atoms with Crippen LogP contribution in [0.1, 0.15) is 20.7 Å². The average molecular weight is 262 g/mol. The van der Waals surface area contributed by atoms with Gasteiger partial charge in [0.1, 0.15) is 0 Å². The molecule has 1 aromatic heterocycles. The van der Waals surface area contributed by atoms with Gasteiger partial charge in [0.2, 0.25) is 0 Å². The summed E-state index contributed by atoms with van der Waals surface area (Å²) >= 11 is 1.48. The fraction of sp³-hybridized carbons (Fsp3) is 0.0769. The first-order chi connectivity index (χ1) is 8.61. The second-order valence-corrected chi connectivity index (χ2v) is 4.52. The van der Waals surface area contributed by atoms with Gasteiger partial charge in [-0.15, -0.1) is 11.3 Å². The van der Waals surface area contributed by atoms with Crippen molar-refractivity contribution in [3.63, 3.8) is 0 Å². The summed E-state index contributed by atoms with van der Waals surface area (Å²) in [6.07, 6.45) is 0. The summed E-state index contributed by atoms with van der Waals surface area (Å²) in [6.45, 7) is 0. The third kappa shape index (κ3) is 2.41. The van der Waals surface area contributed by atoms with E-state index in [2.05, 4.69) is 4.74 Å². The molecule has 1 aromatic carbocycles. The standard InChI is InChI=1S/C13H10O4S/c1-17-13(16)10-6-8(11-3-2-4-18-11)5-9(7-10)12(14)15/h2-7H,1H3,(H,14,15). The van der Waals surface area contributed by atoms with Gasteiger partial charge in [-0.25, -0.2) is 9.59 Å². The maximum atomic E-state index is 11.5. The van der Waals surface area contributed by atoms with E-state index in [0.717, 1.165) is 4.88 Å². The van der Waals surface area contributed by atoms with Crippen molar-refractivity contribution in [2.24, 2.45) is 0 Å². The third-order valence-electron chi connectivity index (χ3n) is 2.41. The lowest BCUT2D eigenvalue weighted by molar-refractivity contribution is 0.0601. The fourth-order valence-corrected chi connectivity index (χ4v) is 2.29. The van der Waals surface area contributed by atoms with Gasteiger partial charge in [0, 0.05) is 4.88 Å². The van der Waals surface area contributed by atoms with Gasteiger partial charge in [0.05, 0.1) is 18.2 Å². The van der Waals surface area contributed by atoms with E-state index in [4.69, 9.17) is 5.11 Å². The zero-order chi connectivity index (χ0) is 13.1. The lowest BCUT2D eigenvalue weighted by Crippen LogP contribution is -2.05. The van der Waals surface area contributed by atoms with Crippen molar-refractivity contribution in [2.45, 2.75) is 0 Å². The number of carbonyl (C=O) groups is 2. The highest BCUT2D eigenvalue weighted by Crippen LogP contribution is 2.27. The molecule has 1 N–H and O–H groups in total. The Morgan fingerprint density at radius 1 is 1.22 bits per heavy atom. The molecule has 1 heterocycles. The molecule has 0 bridgehead atoms. The predicted molar refractivity (Wildman–Crippen MR) is 68.1 cm³/mol. The van der Waals surface area contributed by atoms with Crippen LogP contribution in [0.3, 0.4) is 0 Å². The van der Waals surface area contributed by atoms with Crippen molar-refractivity contribution in [2.75, 3.05) is 7.11 Å². The van der Waals surface area contributed by atoms with E-state index in [1.54, 1.807) is 12.1 Å². The van der Waals surface area contributed by atoms with Crippen LogP contribution in [0.25, 0.3) is 10.4 Å². The van der Waals surface area contributed by atoms with Gasteiger partial charge in [-0.1, -0.05) is 6.07 Å². The van der Waals surface area contributed by atoms with Crippen LogP contribution in [-0.2, 0) is 4.74 Å². The number of methoxy groups -OCH3 is 1. The van der Waals surface area contributed by atoms with Crippen LogP contribution >= 0.6 is 11.3 Å². The summed E-state index contributed by atoms with van der Waals surface area (Å²) < 4.78 is 4.61. The second kappa shape index (κ2) is 5.01. The average Bonchev–Trinajstić information content (AvgIpc) is 2.91. The number of thiophene rings is 1. The summed E-state index contributed by atoms with van der Waals surface area (Å²) in [4.78, 5) is 23.4. The number of carbonyl (C=O) groups excluding carboxylic acids is 1. The quantitative estimate of drug-likeness (QED) is 0.864. The van der Waals surface area contributed by atoms with Gasteiger partial charge >= 0.3 is 11.9 Å². The normalized spacial score (nSPS) is 10.1. The largest absolute Gasteiger partial charge is 0.478 e. The van der Waals surface area contributed by atoms with Gasteiger partial charge < -0.3 is 9.84 Å². The number of carboxylic acids is 1. The van der Waals surface area contributed by atoms with Crippen LogP contribution in [0.2, 0.25) is 0 Å². The molecule has 2 rings (SSSR count). The van der Waals surface area contributed by atoms with E-state index in [1.807, 2.05) is 17.5 Å². The number of hydrogen-bond donors (Lipinski definition) is 1. The zero-order valence-corrected chi connectivity index (χ0v) is 10.4. The maximum Gasteiger partial charge on any atom is 0.337 e. The van der Waals surface area contributed by atoms with Gasteiger partial charge in [-0.3, -0.25) is 0 Å². The number of hydrogen-bond acceptors (Lipinski definition) is 4. The minimum absolute atomic E-state index is 0.0706. The molecular weight excluding hydrogens is 252 g/mol. The Kier molecular flexibility index (Phi) is 3.43. The molecule has 0 aliphatic carbocycles. The topological polar surface area (TPSA) is 63.6 Å². The molecule has 0 saturated carbocycles. The van der Waals surface area contributed by atoms with Crippen molar-refractivity contribution in [3.8, 4) is 10.4 Å². The minimum atomic E-state index is -1.07. The summed E-state index contributed by atoms with van der Waals surface area (Å²) in [5.74, 6) is -1.62. The van der Waals surface area contributed by atoms with Gasteiger partial charge in [-0.05, 0) is 35.2 Å². The third-order valence-corrected chi connectivity index (χ3v) is 3.33. The van der Waals surface area contributed by atoms with Crippen molar-refractivity contribution >= 4 is 23.3 Å². The Labute approximate surface area is 107 Å². The molecule has 0 amide bonds. The molecular formula is C13H10O4S. The highest BCUT2D eigenvalue weighted by atomic mass is 32.1. The molecule has 2 aromatic rings. The first-order valence-electron chi connectivity index (χ1n) is 5.12. The van der Waals surface area contributed by atoms with E-state index in [-0.39, 0.29) is 11.1 Å². The molecule has 0 spiro atoms. The molecule has 18 heavy (non-hydrogen) atoms. The minimum Gasteiger partial charge on any atom is -0.478 e. The zero-order valence-electron chi connectivity index (χ0n) is 9.54. The Morgan fingerprint density at radius 3 is 2.50 bits per heavy atom. The van der Waals surface area contributed by atoms with Gasteiger partial charge in [0.25, 0.3) is 0 Å². The molecule has 0 aliphatic rings. The Bertz CT molecular complexity index is 587. The summed E-state index contributed by atoms with van der Waals surface area (Å²) in [7, 11) is 1.26. The molecule has 0 fully saturated rings. The molecule has 0 aliphatic heterocycles. The summed E-state index contributed by atoms with van der Waals surface area (Å²) in [5, 5.41) is 10.9. The van der Waals surface area contributed by atoms with Crippen molar-refractivity contribution < 1.29 is 19.4 Å². The van der Waals surface area contributed by atoms with Crippen LogP contribution in [0.5, 0.6) is 0 Å². The summed E-state index contributed by atoms with van der Waals surface area (Å²) in [6, 6.07) is 8.22. The molecule has 0 saturated heterocycles. The van der Waals surface area contributed by atoms with E-state index in [0.29, 0.717) is 5.56 Å². The highest BCUT2D eigenvalue weighted by Gasteiger charge is 2.13.